The number of aryl methyl sites for hydroxylation is 1. The van der Waals surface area contributed by atoms with Crippen molar-refractivity contribution in [3.05, 3.63) is 29.3 Å². The summed E-state index contributed by atoms with van der Waals surface area (Å²) in [4.78, 5) is 0. The largest absolute Gasteiger partial charge is 0.497 e. The van der Waals surface area contributed by atoms with Crippen LogP contribution in [0.1, 0.15) is 57.1 Å². The molecule has 0 amide bonds. The van der Waals surface area contributed by atoms with E-state index in [2.05, 4.69) is 32.0 Å². The molecule has 3 aliphatic rings. The van der Waals surface area contributed by atoms with Crippen LogP contribution >= 0.6 is 0 Å². The molecule has 0 spiro atoms. The Labute approximate surface area is 134 Å². The first-order valence-corrected chi connectivity index (χ1v) is 8.92. The van der Waals surface area contributed by atoms with Crippen molar-refractivity contribution < 1.29 is 4.74 Å². The van der Waals surface area contributed by atoms with Gasteiger partial charge in [0.25, 0.3) is 0 Å². The topological polar surface area (TPSA) is 35.2 Å². The second kappa shape index (κ2) is 4.74. The van der Waals surface area contributed by atoms with E-state index in [1.165, 1.54) is 44.1 Å². The second-order valence-corrected chi connectivity index (χ2v) is 8.47. The molecule has 0 bridgehead atoms. The molecular weight excluding hydrogens is 270 g/mol. The first-order valence-electron chi connectivity index (χ1n) is 8.92. The number of methoxy groups -OCH3 is 1. The van der Waals surface area contributed by atoms with Crippen LogP contribution in [0.3, 0.4) is 0 Å². The van der Waals surface area contributed by atoms with Crippen molar-refractivity contribution in [2.24, 2.45) is 23.5 Å². The Morgan fingerprint density at radius 3 is 2.82 bits per heavy atom. The van der Waals surface area contributed by atoms with Gasteiger partial charge in [-0.15, -0.1) is 0 Å². The van der Waals surface area contributed by atoms with Gasteiger partial charge in [0.15, 0.2) is 0 Å². The number of benzene rings is 1. The zero-order chi connectivity index (χ0) is 15.5. The SMILES string of the molecule is COc1ccc2c(c1)CCC1C3CC(C)C[C@]3(N)CCC21C. The predicted molar refractivity (Wildman–Crippen MR) is 90.2 cm³/mol. The van der Waals surface area contributed by atoms with Gasteiger partial charge in [0.05, 0.1) is 7.11 Å². The standard InChI is InChI=1S/C20H29NO/c1-13-10-18-17-6-4-14-11-15(22-3)5-7-16(14)19(17,2)8-9-20(18,21)12-13/h5,7,11,13,17-18H,4,6,8-10,12,21H2,1-3H3/t13?,17?,18?,19?,20-/m1/s1. The zero-order valence-corrected chi connectivity index (χ0v) is 14.2. The number of ether oxygens (including phenoxy) is 1. The lowest BCUT2D eigenvalue weighted by atomic mass is 9.51. The van der Waals surface area contributed by atoms with Crippen LogP contribution in [-0.2, 0) is 11.8 Å². The molecule has 2 saturated carbocycles. The molecule has 2 heteroatoms. The molecule has 1 aromatic rings. The molecule has 4 unspecified atom stereocenters. The fourth-order valence-corrected chi connectivity index (χ4v) is 6.15. The molecule has 4 rings (SSSR count). The van der Waals surface area contributed by atoms with Crippen molar-refractivity contribution in [2.45, 2.75) is 63.3 Å². The molecule has 0 aromatic heterocycles. The molecule has 0 aliphatic heterocycles. The van der Waals surface area contributed by atoms with Gasteiger partial charge >= 0.3 is 0 Å². The number of fused-ring (bicyclic) bond motifs is 5. The van der Waals surface area contributed by atoms with Gasteiger partial charge in [-0.3, -0.25) is 0 Å². The molecule has 1 aromatic carbocycles. The molecule has 0 heterocycles. The summed E-state index contributed by atoms with van der Waals surface area (Å²) in [5.41, 5.74) is 10.4. The van der Waals surface area contributed by atoms with Gasteiger partial charge in [-0.25, -0.2) is 0 Å². The summed E-state index contributed by atoms with van der Waals surface area (Å²) >= 11 is 0. The van der Waals surface area contributed by atoms with Crippen LogP contribution in [0.2, 0.25) is 0 Å². The van der Waals surface area contributed by atoms with E-state index in [9.17, 15) is 0 Å². The normalized spacial score (nSPS) is 43.2. The Hall–Kier alpha value is -1.02. The smallest absolute Gasteiger partial charge is 0.119 e. The van der Waals surface area contributed by atoms with Crippen LogP contribution in [0.5, 0.6) is 5.75 Å². The minimum Gasteiger partial charge on any atom is -0.497 e. The number of hydrogen-bond acceptors (Lipinski definition) is 2. The molecule has 0 radical (unpaired) electrons. The van der Waals surface area contributed by atoms with Crippen molar-refractivity contribution in [3.8, 4) is 5.75 Å². The lowest BCUT2D eigenvalue weighted by Gasteiger charge is -2.55. The number of rotatable bonds is 1. The molecule has 5 atom stereocenters. The van der Waals surface area contributed by atoms with E-state index in [0.717, 1.165) is 23.5 Å². The van der Waals surface area contributed by atoms with E-state index < -0.39 is 0 Å². The van der Waals surface area contributed by atoms with Crippen LogP contribution in [0.4, 0.5) is 0 Å². The second-order valence-electron chi connectivity index (χ2n) is 8.47. The molecule has 22 heavy (non-hydrogen) atoms. The van der Waals surface area contributed by atoms with Crippen molar-refractivity contribution in [2.75, 3.05) is 7.11 Å². The van der Waals surface area contributed by atoms with Crippen LogP contribution in [0.15, 0.2) is 18.2 Å². The first-order chi connectivity index (χ1) is 10.5. The quantitative estimate of drug-likeness (QED) is 0.849. The third kappa shape index (κ3) is 1.89. The van der Waals surface area contributed by atoms with Gasteiger partial charge in [-0.1, -0.05) is 19.9 Å². The Balaban J connectivity index is 1.75. The summed E-state index contributed by atoms with van der Waals surface area (Å²) in [5.74, 6) is 3.28. The van der Waals surface area contributed by atoms with Crippen LogP contribution in [-0.4, -0.2) is 12.6 Å². The van der Waals surface area contributed by atoms with E-state index in [0.29, 0.717) is 5.41 Å². The average molecular weight is 299 g/mol. The maximum atomic E-state index is 6.87. The highest BCUT2D eigenvalue weighted by Crippen LogP contribution is 2.59. The van der Waals surface area contributed by atoms with E-state index >= 15 is 0 Å². The van der Waals surface area contributed by atoms with Crippen LogP contribution < -0.4 is 10.5 Å². The summed E-state index contributed by atoms with van der Waals surface area (Å²) in [6.07, 6.45) is 7.50. The van der Waals surface area contributed by atoms with E-state index in [1.54, 1.807) is 12.7 Å². The average Bonchev–Trinajstić information content (AvgIpc) is 2.81. The maximum absolute atomic E-state index is 6.87. The van der Waals surface area contributed by atoms with Crippen molar-refractivity contribution >= 4 is 0 Å². The first kappa shape index (κ1) is 14.6. The highest BCUT2D eigenvalue weighted by Gasteiger charge is 2.57. The Morgan fingerprint density at radius 2 is 2.05 bits per heavy atom. The lowest BCUT2D eigenvalue weighted by Crippen LogP contribution is -2.57. The summed E-state index contributed by atoms with van der Waals surface area (Å²) in [7, 11) is 1.76. The van der Waals surface area contributed by atoms with Gasteiger partial charge in [-0.2, -0.15) is 0 Å². The molecular formula is C20H29NO. The molecule has 120 valence electrons. The molecule has 3 aliphatic carbocycles. The third-order valence-electron chi connectivity index (χ3n) is 7.19. The molecule has 0 saturated heterocycles. The Bertz CT molecular complexity index is 597. The summed E-state index contributed by atoms with van der Waals surface area (Å²) in [6, 6.07) is 6.74. The minimum atomic E-state index is 0.119. The minimum absolute atomic E-state index is 0.119. The monoisotopic (exact) mass is 299 g/mol. The highest BCUT2D eigenvalue weighted by molar-refractivity contribution is 5.43. The summed E-state index contributed by atoms with van der Waals surface area (Å²) in [5, 5.41) is 0. The van der Waals surface area contributed by atoms with Gasteiger partial charge < -0.3 is 10.5 Å². The van der Waals surface area contributed by atoms with E-state index in [-0.39, 0.29) is 5.54 Å². The molecule has 2 N–H and O–H groups in total. The van der Waals surface area contributed by atoms with Crippen LogP contribution in [0, 0.1) is 17.8 Å². The van der Waals surface area contributed by atoms with Crippen molar-refractivity contribution in [1.29, 1.82) is 0 Å². The Morgan fingerprint density at radius 1 is 1.23 bits per heavy atom. The highest BCUT2D eigenvalue weighted by atomic mass is 16.5. The number of hydrogen-bond donors (Lipinski definition) is 1. The van der Waals surface area contributed by atoms with E-state index in [1.807, 2.05) is 0 Å². The van der Waals surface area contributed by atoms with Gasteiger partial charge in [-0.05, 0) is 85.0 Å². The molecule has 2 fully saturated rings. The zero-order valence-electron chi connectivity index (χ0n) is 14.2. The predicted octanol–water partition coefficient (Wildman–Crippen LogP) is 4.05. The number of nitrogens with two attached hydrogens (primary N) is 1. The maximum Gasteiger partial charge on any atom is 0.119 e. The Kier molecular flexibility index (Phi) is 3.14. The van der Waals surface area contributed by atoms with Gasteiger partial charge in [0.2, 0.25) is 0 Å². The summed E-state index contributed by atoms with van der Waals surface area (Å²) in [6.45, 7) is 4.90. The van der Waals surface area contributed by atoms with Gasteiger partial charge in [0.1, 0.15) is 5.75 Å². The van der Waals surface area contributed by atoms with E-state index in [4.69, 9.17) is 10.5 Å². The lowest BCUT2D eigenvalue weighted by molar-refractivity contribution is 0.0542. The van der Waals surface area contributed by atoms with Crippen molar-refractivity contribution in [3.63, 3.8) is 0 Å². The van der Waals surface area contributed by atoms with Gasteiger partial charge in [0, 0.05) is 5.54 Å². The molecule has 2 nitrogen and oxygen atoms in total. The third-order valence-corrected chi connectivity index (χ3v) is 7.19. The van der Waals surface area contributed by atoms with Crippen LogP contribution in [0.25, 0.3) is 0 Å². The van der Waals surface area contributed by atoms with Crippen molar-refractivity contribution in [1.82, 2.24) is 0 Å². The fourth-order valence-electron chi connectivity index (χ4n) is 6.15. The fraction of sp³-hybridized carbons (Fsp3) is 0.700. The summed E-state index contributed by atoms with van der Waals surface area (Å²) < 4.78 is 5.43.